The van der Waals surface area contributed by atoms with Gasteiger partial charge in [0.2, 0.25) is 0 Å². The number of amides is 1. The van der Waals surface area contributed by atoms with E-state index in [4.69, 9.17) is 37.7 Å². The highest BCUT2D eigenvalue weighted by Gasteiger charge is 2.36. The van der Waals surface area contributed by atoms with E-state index >= 15 is 0 Å². The van der Waals surface area contributed by atoms with Gasteiger partial charge in [-0.25, -0.2) is 4.98 Å². The highest BCUT2D eigenvalue weighted by Crippen LogP contribution is 2.32. The van der Waals surface area contributed by atoms with Crippen LogP contribution in [-0.4, -0.2) is 60.8 Å². The summed E-state index contributed by atoms with van der Waals surface area (Å²) in [4.78, 5) is 22.5. The normalized spacial score (nSPS) is 14.7. The van der Waals surface area contributed by atoms with E-state index in [1.807, 2.05) is 12.1 Å². The van der Waals surface area contributed by atoms with E-state index < -0.39 is 5.60 Å². The van der Waals surface area contributed by atoms with Gasteiger partial charge >= 0.3 is 0 Å². The monoisotopic (exact) mass is 529 g/mol. The molecule has 10 heteroatoms. The molecule has 0 bridgehead atoms. The number of aromatic nitrogens is 1. The van der Waals surface area contributed by atoms with E-state index in [2.05, 4.69) is 4.90 Å². The van der Waals surface area contributed by atoms with Crippen LogP contribution < -0.4 is 9.64 Å². The third kappa shape index (κ3) is 6.50. The summed E-state index contributed by atoms with van der Waals surface area (Å²) in [6.45, 7) is 7.89. The Morgan fingerprint density at radius 3 is 2.52 bits per heavy atom. The first-order chi connectivity index (χ1) is 15.3. The van der Waals surface area contributed by atoms with Crippen LogP contribution in [0.5, 0.6) is 5.75 Å². The van der Waals surface area contributed by atoms with Crippen LogP contribution >= 0.6 is 46.9 Å². The largest absolute Gasteiger partial charge is 0.478 e. The van der Waals surface area contributed by atoms with E-state index in [0.29, 0.717) is 40.7 Å². The van der Waals surface area contributed by atoms with Crippen molar-refractivity contribution in [2.75, 3.05) is 44.3 Å². The fourth-order valence-electron chi connectivity index (χ4n) is 3.52. The van der Waals surface area contributed by atoms with Crippen molar-refractivity contribution in [1.82, 2.24) is 9.88 Å². The molecule has 1 aliphatic rings. The summed E-state index contributed by atoms with van der Waals surface area (Å²) in [7, 11) is 0. The number of morpholine rings is 1. The Kier molecular flexibility index (Phi) is 8.83. The number of rotatable bonds is 7. The summed E-state index contributed by atoms with van der Waals surface area (Å²) in [6, 6.07) is 12.6. The average molecular weight is 531 g/mol. The highest BCUT2D eigenvalue weighted by molar-refractivity contribution is 7.22. The number of carbonyl (C=O) groups is 1. The zero-order chi connectivity index (χ0) is 22.7. The van der Waals surface area contributed by atoms with Gasteiger partial charge in [0.15, 0.2) is 10.7 Å². The van der Waals surface area contributed by atoms with Gasteiger partial charge < -0.3 is 9.47 Å². The van der Waals surface area contributed by atoms with Crippen molar-refractivity contribution in [3.05, 3.63) is 52.5 Å². The molecule has 2 aromatic carbocycles. The molecule has 1 saturated heterocycles. The van der Waals surface area contributed by atoms with Crippen molar-refractivity contribution in [3.63, 3.8) is 0 Å². The second kappa shape index (κ2) is 11.2. The number of hydrogen-bond donors (Lipinski definition) is 0. The van der Waals surface area contributed by atoms with Gasteiger partial charge in [-0.2, -0.15) is 0 Å². The van der Waals surface area contributed by atoms with Gasteiger partial charge in [0, 0.05) is 36.2 Å². The fourth-order valence-corrected chi connectivity index (χ4v) is 4.91. The van der Waals surface area contributed by atoms with Crippen molar-refractivity contribution in [3.8, 4) is 5.75 Å². The minimum absolute atomic E-state index is 0. The molecule has 0 unspecified atom stereocenters. The Morgan fingerprint density at radius 1 is 1.15 bits per heavy atom. The molecule has 0 radical (unpaired) electrons. The fraction of sp³-hybridized carbons (Fsp3) is 0.391. The molecule has 178 valence electrons. The maximum absolute atomic E-state index is 13.7. The zero-order valence-electron chi connectivity index (χ0n) is 18.4. The lowest BCUT2D eigenvalue weighted by Gasteiger charge is -2.33. The Balaban J connectivity index is 0.00000306. The molecule has 0 N–H and O–H groups in total. The van der Waals surface area contributed by atoms with Gasteiger partial charge in [-0.15, -0.1) is 12.4 Å². The molecule has 0 aliphatic carbocycles. The van der Waals surface area contributed by atoms with Crippen LogP contribution in [-0.2, 0) is 9.53 Å². The lowest BCUT2D eigenvalue weighted by atomic mass is 10.1. The first-order valence-electron chi connectivity index (χ1n) is 10.4. The minimum Gasteiger partial charge on any atom is -0.478 e. The van der Waals surface area contributed by atoms with Crippen molar-refractivity contribution in [1.29, 1.82) is 0 Å². The number of fused-ring (bicyclic) bond motifs is 1. The summed E-state index contributed by atoms with van der Waals surface area (Å²) in [5.74, 6) is 0.419. The standard InChI is InChI=1S/C23H25Cl2N3O3S.ClH/c1-23(2,31-18-6-3-16(24)4-7-18)21(29)28(10-9-27-11-13-30-14-12-27)22-26-19-8-5-17(25)15-20(19)32-22;/h3-8,15H,9-14H2,1-2H3;1H. The molecule has 1 aliphatic heterocycles. The van der Waals surface area contributed by atoms with Crippen LogP contribution in [0.2, 0.25) is 10.0 Å². The predicted octanol–water partition coefficient (Wildman–Crippen LogP) is 5.55. The molecule has 33 heavy (non-hydrogen) atoms. The third-order valence-electron chi connectivity index (χ3n) is 5.26. The van der Waals surface area contributed by atoms with Crippen LogP contribution in [0, 0.1) is 0 Å². The van der Waals surface area contributed by atoms with Gasteiger partial charge in [-0.05, 0) is 56.3 Å². The maximum atomic E-state index is 13.7. The molecule has 2 heterocycles. The van der Waals surface area contributed by atoms with Crippen molar-refractivity contribution < 1.29 is 14.3 Å². The first kappa shape index (κ1) is 26.0. The highest BCUT2D eigenvalue weighted by atomic mass is 35.5. The number of carbonyl (C=O) groups excluding carboxylic acids is 1. The zero-order valence-corrected chi connectivity index (χ0v) is 21.6. The van der Waals surface area contributed by atoms with Gasteiger partial charge in [-0.1, -0.05) is 34.5 Å². The smallest absolute Gasteiger partial charge is 0.272 e. The molecular formula is C23H26Cl3N3O3S. The van der Waals surface area contributed by atoms with E-state index in [-0.39, 0.29) is 18.3 Å². The van der Waals surface area contributed by atoms with E-state index in [0.717, 1.165) is 29.9 Å². The molecule has 1 amide bonds. The lowest BCUT2D eigenvalue weighted by molar-refractivity contribution is -0.131. The predicted molar refractivity (Wildman–Crippen MR) is 138 cm³/mol. The molecule has 1 aromatic heterocycles. The van der Waals surface area contributed by atoms with E-state index in [1.165, 1.54) is 11.3 Å². The van der Waals surface area contributed by atoms with Crippen molar-refractivity contribution in [2.45, 2.75) is 19.4 Å². The molecule has 0 spiro atoms. The Bertz CT molecular complexity index is 1090. The number of benzene rings is 2. The molecular weight excluding hydrogens is 505 g/mol. The Hall–Kier alpha value is -1.61. The van der Waals surface area contributed by atoms with Crippen molar-refractivity contribution in [2.24, 2.45) is 0 Å². The number of ether oxygens (including phenoxy) is 2. The molecule has 6 nitrogen and oxygen atoms in total. The number of hydrogen-bond acceptors (Lipinski definition) is 6. The number of nitrogens with zero attached hydrogens (tertiary/aromatic N) is 3. The van der Waals surface area contributed by atoms with Crippen LogP contribution in [0.15, 0.2) is 42.5 Å². The van der Waals surface area contributed by atoms with Gasteiger partial charge in [0.1, 0.15) is 5.75 Å². The second-order valence-electron chi connectivity index (χ2n) is 8.09. The molecule has 0 atom stereocenters. The van der Waals surface area contributed by atoms with Crippen molar-refractivity contribution >= 4 is 68.2 Å². The SMILES string of the molecule is CC(C)(Oc1ccc(Cl)cc1)C(=O)N(CCN1CCOCC1)c1nc2ccc(Cl)cc2s1.Cl. The summed E-state index contributed by atoms with van der Waals surface area (Å²) in [5, 5.41) is 1.89. The minimum atomic E-state index is -1.10. The average Bonchev–Trinajstić information content (AvgIpc) is 3.19. The molecule has 3 aromatic rings. The first-order valence-corrected chi connectivity index (χ1v) is 12.0. The van der Waals surface area contributed by atoms with E-state index in [9.17, 15) is 4.79 Å². The lowest BCUT2D eigenvalue weighted by Crippen LogP contribution is -2.51. The Labute approximate surface area is 213 Å². The van der Waals surface area contributed by atoms with Crippen LogP contribution in [0.4, 0.5) is 5.13 Å². The Morgan fingerprint density at radius 2 is 1.82 bits per heavy atom. The molecule has 1 fully saturated rings. The summed E-state index contributed by atoms with van der Waals surface area (Å²) in [5.41, 5.74) is -0.288. The number of thiazole rings is 1. The van der Waals surface area contributed by atoms with Crippen LogP contribution in [0.1, 0.15) is 13.8 Å². The number of halogens is 3. The quantitative estimate of drug-likeness (QED) is 0.401. The van der Waals surface area contributed by atoms with Gasteiger partial charge in [-0.3, -0.25) is 14.6 Å². The topological polar surface area (TPSA) is 54.9 Å². The molecule has 4 rings (SSSR count). The van der Waals surface area contributed by atoms with Crippen LogP contribution in [0.3, 0.4) is 0 Å². The van der Waals surface area contributed by atoms with Gasteiger partial charge in [0.25, 0.3) is 5.91 Å². The number of anilines is 1. The summed E-state index contributed by atoms with van der Waals surface area (Å²) < 4.78 is 12.5. The van der Waals surface area contributed by atoms with Gasteiger partial charge in [0.05, 0.1) is 23.4 Å². The third-order valence-corrected chi connectivity index (χ3v) is 6.79. The molecule has 0 saturated carbocycles. The summed E-state index contributed by atoms with van der Waals surface area (Å²) >= 11 is 13.6. The second-order valence-corrected chi connectivity index (χ2v) is 9.97. The van der Waals surface area contributed by atoms with E-state index in [1.54, 1.807) is 49.1 Å². The summed E-state index contributed by atoms with van der Waals surface area (Å²) in [6.07, 6.45) is 0. The maximum Gasteiger partial charge on any atom is 0.272 e. The van der Waals surface area contributed by atoms with Crippen LogP contribution in [0.25, 0.3) is 10.2 Å².